The van der Waals surface area contributed by atoms with Crippen molar-refractivity contribution in [3.63, 3.8) is 0 Å². The third-order valence-corrected chi connectivity index (χ3v) is 3.22. The predicted molar refractivity (Wildman–Crippen MR) is 75.7 cm³/mol. The highest BCUT2D eigenvalue weighted by Gasteiger charge is 2.12. The van der Waals surface area contributed by atoms with Gasteiger partial charge < -0.3 is 9.72 Å². The Bertz CT molecular complexity index is 743. The van der Waals surface area contributed by atoms with Gasteiger partial charge in [0.25, 0.3) is 0 Å². The number of para-hydroxylation sites is 1. The van der Waals surface area contributed by atoms with Crippen LogP contribution in [0.2, 0.25) is 0 Å². The van der Waals surface area contributed by atoms with Crippen LogP contribution in [0.15, 0.2) is 48.5 Å². The first-order valence-electron chi connectivity index (χ1n) is 6.04. The van der Waals surface area contributed by atoms with Crippen molar-refractivity contribution in [3.8, 4) is 17.0 Å². The van der Waals surface area contributed by atoms with E-state index in [1.165, 1.54) is 0 Å². The summed E-state index contributed by atoms with van der Waals surface area (Å²) in [5.74, 6) is 0.771. The molecule has 3 aromatic rings. The van der Waals surface area contributed by atoms with E-state index < -0.39 is 0 Å². The van der Waals surface area contributed by atoms with Crippen LogP contribution in [0.25, 0.3) is 22.2 Å². The summed E-state index contributed by atoms with van der Waals surface area (Å²) < 4.78 is 5.22. The second kappa shape index (κ2) is 4.61. The van der Waals surface area contributed by atoms with Crippen LogP contribution in [0, 0.1) is 0 Å². The topological polar surface area (TPSA) is 42.1 Å². The fraction of sp³-hybridized carbons (Fsp3) is 0.0625. The van der Waals surface area contributed by atoms with Gasteiger partial charge in [0.15, 0.2) is 6.29 Å². The van der Waals surface area contributed by atoms with Gasteiger partial charge in [0.1, 0.15) is 5.75 Å². The van der Waals surface area contributed by atoms with Crippen molar-refractivity contribution >= 4 is 17.2 Å². The normalized spacial score (nSPS) is 10.6. The van der Waals surface area contributed by atoms with Crippen molar-refractivity contribution in [2.45, 2.75) is 0 Å². The van der Waals surface area contributed by atoms with Crippen LogP contribution in [0.1, 0.15) is 10.4 Å². The van der Waals surface area contributed by atoms with Crippen LogP contribution in [0.3, 0.4) is 0 Å². The van der Waals surface area contributed by atoms with Crippen LogP contribution >= 0.6 is 0 Å². The molecule has 2 aromatic carbocycles. The van der Waals surface area contributed by atoms with E-state index in [1.54, 1.807) is 7.11 Å². The van der Waals surface area contributed by atoms with Crippen molar-refractivity contribution < 1.29 is 9.53 Å². The number of methoxy groups -OCH3 is 1. The number of carbonyl (C=O) groups excluding carboxylic acids is 1. The lowest BCUT2D eigenvalue weighted by Crippen LogP contribution is -1.87. The van der Waals surface area contributed by atoms with E-state index in [0.29, 0.717) is 5.56 Å². The number of rotatable bonds is 3. The van der Waals surface area contributed by atoms with E-state index in [1.807, 2.05) is 48.5 Å². The molecule has 0 aliphatic carbocycles. The molecule has 0 bridgehead atoms. The van der Waals surface area contributed by atoms with Gasteiger partial charge in [-0.1, -0.05) is 30.3 Å². The molecule has 0 aliphatic rings. The Morgan fingerprint density at radius 3 is 2.74 bits per heavy atom. The van der Waals surface area contributed by atoms with Gasteiger partial charge in [0.2, 0.25) is 0 Å². The largest absolute Gasteiger partial charge is 0.497 e. The second-order valence-electron chi connectivity index (χ2n) is 4.31. The molecule has 0 atom stereocenters. The Kier molecular flexibility index (Phi) is 2.80. The number of fused-ring (bicyclic) bond motifs is 1. The first-order chi connectivity index (χ1) is 9.33. The van der Waals surface area contributed by atoms with E-state index in [2.05, 4.69) is 4.98 Å². The summed E-state index contributed by atoms with van der Waals surface area (Å²) in [6, 6.07) is 15.4. The molecule has 0 fully saturated rings. The summed E-state index contributed by atoms with van der Waals surface area (Å²) in [7, 11) is 1.63. The molecule has 0 saturated carbocycles. The minimum atomic E-state index is 0.684. The van der Waals surface area contributed by atoms with E-state index in [-0.39, 0.29) is 0 Å². The zero-order chi connectivity index (χ0) is 13.2. The van der Waals surface area contributed by atoms with Gasteiger partial charge in [-0.3, -0.25) is 4.79 Å². The second-order valence-corrected chi connectivity index (χ2v) is 4.31. The van der Waals surface area contributed by atoms with Crippen LogP contribution in [0.4, 0.5) is 0 Å². The maximum atomic E-state index is 11.4. The number of aromatic nitrogens is 1. The molecule has 1 heterocycles. The zero-order valence-electron chi connectivity index (χ0n) is 10.5. The standard InChI is InChI=1S/C16H13NO2/c1-19-12-6-4-5-11(9-12)16-14(10-18)13-7-2-3-8-15(13)17-16/h2-10,17H,1H3. The molecule has 3 nitrogen and oxygen atoms in total. The average Bonchev–Trinajstić information content (AvgIpc) is 2.86. The Morgan fingerprint density at radius 2 is 1.95 bits per heavy atom. The quantitative estimate of drug-likeness (QED) is 0.722. The lowest BCUT2D eigenvalue weighted by atomic mass is 10.1. The van der Waals surface area contributed by atoms with Gasteiger partial charge in [-0.15, -0.1) is 0 Å². The van der Waals surface area contributed by atoms with E-state index >= 15 is 0 Å². The fourth-order valence-electron chi connectivity index (χ4n) is 2.29. The van der Waals surface area contributed by atoms with Crippen LogP contribution in [-0.2, 0) is 0 Å². The summed E-state index contributed by atoms with van der Waals surface area (Å²) in [5.41, 5.74) is 3.42. The van der Waals surface area contributed by atoms with Gasteiger partial charge in [0.05, 0.1) is 12.8 Å². The molecule has 0 saturated heterocycles. The molecular formula is C16H13NO2. The van der Waals surface area contributed by atoms with Gasteiger partial charge in [-0.05, 0) is 18.2 Å². The minimum absolute atomic E-state index is 0.684. The molecule has 0 radical (unpaired) electrons. The van der Waals surface area contributed by atoms with Crippen molar-refractivity contribution in [1.82, 2.24) is 4.98 Å². The molecule has 0 amide bonds. The number of nitrogens with one attached hydrogen (secondary N) is 1. The SMILES string of the molecule is COc1cccc(-c2[nH]c3ccccc3c2C=O)c1. The average molecular weight is 251 g/mol. The molecule has 3 rings (SSSR count). The number of aldehydes is 1. The third-order valence-electron chi connectivity index (χ3n) is 3.22. The Hall–Kier alpha value is -2.55. The van der Waals surface area contributed by atoms with Gasteiger partial charge in [-0.25, -0.2) is 0 Å². The van der Waals surface area contributed by atoms with Crippen LogP contribution in [0.5, 0.6) is 5.75 Å². The summed E-state index contributed by atoms with van der Waals surface area (Å²) in [4.78, 5) is 14.7. The molecule has 3 heteroatoms. The third kappa shape index (κ3) is 1.89. The van der Waals surface area contributed by atoms with Crippen molar-refractivity contribution in [1.29, 1.82) is 0 Å². The van der Waals surface area contributed by atoms with Crippen LogP contribution in [-0.4, -0.2) is 18.4 Å². The first kappa shape index (κ1) is 11.5. The van der Waals surface area contributed by atoms with Crippen molar-refractivity contribution in [2.75, 3.05) is 7.11 Å². The summed E-state index contributed by atoms with van der Waals surface area (Å²) >= 11 is 0. The zero-order valence-corrected chi connectivity index (χ0v) is 10.5. The van der Waals surface area contributed by atoms with E-state index in [4.69, 9.17) is 4.74 Å². The highest BCUT2D eigenvalue weighted by atomic mass is 16.5. The molecule has 0 spiro atoms. The number of hydrogen-bond donors (Lipinski definition) is 1. The first-order valence-corrected chi connectivity index (χ1v) is 6.04. The van der Waals surface area contributed by atoms with Crippen molar-refractivity contribution in [2.24, 2.45) is 0 Å². The molecule has 94 valence electrons. The monoisotopic (exact) mass is 251 g/mol. The Labute approximate surface area is 110 Å². The molecule has 1 N–H and O–H groups in total. The summed E-state index contributed by atoms with van der Waals surface area (Å²) in [5, 5.41) is 0.940. The molecule has 19 heavy (non-hydrogen) atoms. The van der Waals surface area contributed by atoms with Gasteiger partial charge >= 0.3 is 0 Å². The number of benzene rings is 2. The number of aromatic amines is 1. The highest BCUT2D eigenvalue weighted by molar-refractivity contribution is 6.04. The minimum Gasteiger partial charge on any atom is -0.497 e. The molecule has 0 unspecified atom stereocenters. The number of carbonyl (C=O) groups is 1. The van der Waals surface area contributed by atoms with E-state index in [9.17, 15) is 4.79 Å². The maximum absolute atomic E-state index is 11.4. The molecule has 0 aliphatic heterocycles. The smallest absolute Gasteiger partial charge is 0.152 e. The fourth-order valence-corrected chi connectivity index (χ4v) is 2.29. The maximum Gasteiger partial charge on any atom is 0.152 e. The summed E-state index contributed by atoms with van der Waals surface area (Å²) in [6.45, 7) is 0. The van der Waals surface area contributed by atoms with Gasteiger partial charge in [0, 0.05) is 22.0 Å². The molecular weight excluding hydrogens is 238 g/mol. The number of hydrogen-bond acceptors (Lipinski definition) is 2. The van der Waals surface area contributed by atoms with Crippen LogP contribution < -0.4 is 4.74 Å². The van der Waals surface area contributed by atoms with Gasteiger partial charge in [-0.2, -0.15) is 0 Å². The Morgan fingerprint density at radius 1 is 1.11 bits per heavy atom. The summed E-state index contributed by atoms with van der Waals surface area (Å²) in [6.07, 6.45) is 0.896. The van der Waals surface area contributed by atoms with E-state index in [0.717, 1.165) is 34.2 Å². The number of ether oxygens (including phenoxy) is 1. The lowest BCUT2D eigenvalue weighted by molar-refractivity contribution is 0.112. The lowest BCUT2D eigenvalue weighted by Gasteiger charge is -2.03. The predicted octanol–water partition coefficient (Wildman–Crippen LogP) is 3.66. The Balaban J connectivity index is 2.26. The highest BCUT2D eigenvalue weighted by Crippen LogP contribution is 2.30. The number of H-pyrrole nitrogens is 1. The van der Waals surface area contributed by atoms with Crippen molar-refractivity contribution in [3.05, 3.63) is 54.1 Å². The molecule has 1 aromatic heterocycles.